The van der Waals surface area contributed by atoms with Gasteiger partial charge in [0.05, 0.1) is 22.2 Å². The van der Waals surface area contributed by atoms with E-state index in [1.54, 1.807) is 48.0 Å². The van der Waals surface area contributed by atoms with Gasteiger partial charge in [0.1, 0.15) is 5.82 Å². The van der Waals surface area contributed by atoms with Crippen molar-refractivity contribution in [3.63, 3.8) is 0 Å². The molecule has 0 fully saturated rings. The van der Waals surface area contributed by atoms with Gasteiger partial charge in [-0.15, -0.1) is 10.2 Å². The normalized spacial score (nSPS) is 10.9. The minimum atomic E-state index is -0.328. The van der Waals surface area contributed by atoms with Gasteiger partial charge < -0.3 is 9.30 Å². The van der Waals surface area contributed by atoms with E-state index in [4.69, 9.17) is 27.9 Å². The number of para-hydroxylation sites is 1. The quantitative estimate of drug-likeness (QED) is 0.428. The van der Waals surface area contributed by atoms with Crippen LogP contribution in [0.25, 0.3) is 11.4 Å². The van der Waals surface area contributed by atoms with Gasteiger partial charge in [-0.1, -0.05) is 53.2 Å². The highest BCUT2D eigenvalue weighted by Crippen LogP contribution is 2.32. The molecule has 25 heavy (non-hydrogen) atoms. The molecule has 2 aromatic carbocycles. The predicted molar refractivity (Wildman–Crippen MR) is 99.1 cm³/mol. The van der Waals surface area contributed by atoms with Gasteiger partial charge in [0, 0.05) is 12.8 Å². The molecule has 0 saturated carbocycles. The summed E-state index contributed by atoms with van der Waals surface area (Å²) in [6.45, 7) is 0.399. The highest BCUT2D eigenvalue weighted by atomic mass is 35.5. The maximum atomic E-state index is 13.9. The highest BCUT2D eigenvalue weighted by molar-refractivity contribution is 7.99. The lowest BCUT2D eigenvalue weighted by atomic mass is 10.2. The average Bonchev–Trinajstić information content (AvgIpc) is 2.95. The van der Waals surface area contributed by atoms with E-state index in [-0.39, 0.29) is 5.82 Å². The lowest BCUT2D eigenvalue weighted by Crippen LogP contribution is -2.03. The molecule has 3 aromatic rings. The predicted octanol–water partition coefficient (Wildman–Crippen LogP) is 5.10. The zero-order valence-electron chi connectivity index (χ0n) is 13.2. The summed E-state index contributed by atoms with van der Waals surface area (Å²) in [5, 5.41) is 9.81. The third kappa shape index (κ3) is 4.08. The lowest BCUT2D eigenvalue weighted by molar-refractivity contribution is 0.344. The van der Waals surface area contributed by atoms with Gasteiger partial charge in [0.15, 0.2) is 16.7 Å². The third-order valence-corrected chi connectivity index (χ3v) is 5.01. The van der Waals surface area contributed by atoms with Crippen molar-refractivity contribution in [1.29, 1.82) is 0 Å². The van der Waals surface area contributed by atoms with Crippen LogP contribution in [0.4, 0.5) is 4.39 Å². The number of nitrogens with zero attached hydrogens (tertiary/aromatic N) is 3. The first-order valence-corrected chi connectivity index (χ1v) is 9.16. The van der Waals surface area contributed by atoms with Gasteiger partial charge in [-0.05, 0) is 24.3 Å². The summed E-state index contributed by atoms with van der Waals surface area (Å²) in [4.78, 5) is 0. The summed E-state index contributed by atoms with van der Waals surface area (Å²) in [5.41, 5.74) is 0.420. The Morgan fingerprint density at radius 3 is 2.52 bits per heavy atom. The van der Waals surface area contributed by atoms with Gasteiger partial charge in [0.2, 0.25) is 0 Å². The molecule has 0 radical (unpaired) electrons. The van der Waals surface area contributed by atoms with E-state index in [9.17, 15) is 4.39 Å². The molecule has 0 saturated heterocycles. The zero-order chi connectivity index (χ0) is 17.8. The smallest absolute Gasteiger partial charge is 0.191 e. The first kappa shape index (κ1) is 18.0. The number of hydrogen-bond acceptors (Lipinski definition) is 4. The van der Waals surface area contributed by atoms with Gasteiger partial charge >= 0.3 is 0 Å². The van der Waals surface area contributed by atoms with Crippen LogP contribution in [-0.2, 0) is 7.05 Å². The SMILES string of the molecule is Cn1c(SCCOc2c(Cl)cccc2Cl)nnc1-c1ccccc1F. The number of ether oxygens (including phenoxy) is 1. The van der Waals surface area contributed by atoms with Crippen molar-refractivity contribution < 1.29 is 9.13 Å². The molecule has 0 N–H and O–H groups in total. The van der Waals surface area contributed by atoms with E-state index in [1.165, 1.54) is 17.8 Å². The fourth-order valence-electron chi connectivity index (χ4n) is 2.21. The molecule has 0 unspecified atom stereocenters. The Kier molecular flexibility index (Phi) is 5.83. The number of aromatic nitrogens is 3. The number of benzene rings is 2. The van der Waals surface area contributed by atoms with Crippen LogP contribution < -0.4 is 4.74 Å². The molecule has 0 bridgehead atoms. The second-order valence-electron chi connectivity index (χ2n) is 5.09. The summed E-state index contributed by atoms with van der Waals surface area (Å²) in [7, 11) is 1.80. The Labute approximate surface area is 158 Å². The van der Waals surface area contributed by atoms with Crippen molar-refractivity contribution in [2.75, 3.05) is 12.4 Å². The molecule has 0 aliphatic carbocycles. The number of rotatable bonds is 6. The van der Waals surface area contributed by atoms with Crippen LogP contribution in [0, 0.1) is 5.82 Å². The van der Waals surface area contributed by atoms with E-state index >= 15 is 0 Å². The summed E-state index contributed by atoms with van der Waals surface area (Å²) in [6, 6.07) is 11.7. The van der Waals surface area contributed by atoms with Crippen molar-refractivity contribution in [1.82, 2.24) is 14.8 Å². The van der Waals surface area contributed by atoms with E-state index in [1.807, 2.05) is 0 Å². The van der Waals surface area contributed by atoms with E-state index in [0.717, 1.165) is 0 Å². The zero-order valence-corrected chi connectivity index (χ0v) is 15.6. The molecule has 130 valence electrons. The van der Waals surface area contributed by atoms with Crippen molar-refractivity contribution in [2.24, 2.45) is 7.05 Å². The van der Waals surface area contributed by atoms with Gasteiger partial charge in [-0.25, -0.2) is 4.39 Å². The molecule has 1 heterocycles. The fourth-order valence-corrected chi connectivity index (χ4v) is 3.45. The maximum Gasteiger partial charge on any atom is 0.191 e. The average molecular weight is 398 g/mol. The molecule has 1 aromatic heterocycles. The van der Waals surface area contributed by atoms with Crippen molar-refractivity contribution in [2.45, 2.75) is 5.16 Å². The summed E-state index contributed by atoms with van der Waals surface area (Å²) >= 11 is 13.6. The second kappa shape index (κ2) is 8.08. The van der Waals surface area contributed by atoms with Crippen LogP contribution in [0.3, 0.4) is 0 Å². The van der Waals surface area contributed by atoms with Gasteiger partial charge in [0.25, 0.3) is 0 Å². The summed E-state index contributed by atoms with van der Waals surface area (Å²) in [6.07, 6.45) is 0. The molecule has 0 amide bonds. The Morgan fingerprint density at radius 1 is 1.08 bits per heavy atom. The van der Waals surface area contributed by atoms with Crippen LogP contribution >= 0.6 is 35.0 Å². The van der Waals surface area contributed by atoms with Crippen molar-refractivity contribution in [3.8, 4) is 17.1 Å². The monoisotopic (exact) mass is 397 g/mol. The van der Waals surface area contributed by atoms with Crippen LogP contribution in [0.15, 0.2) is 47.6 Å². The van der Waals surface area contributed by atoms with Crippen molar-refractivity contribution in [3.05, 3.63) is 58.3 Å². The highest BCUT2D eigenvalue weighted by Gasteiger charge is 2.14. The molecule has 4 nitrogen and oxygen atoms in total. The molecular formula is C17H14Cl2FN3OS. The standard InChI is InChI=1S/C17H14Cl2FN3OS/c1-23-16(11-5-2-3-8-14(11)20)21-22-17(23)25-10-9-24-15-12(18)6-4-7-13(15)19/h2-8H,9-10H2,1H3. The summed E-state index contributed by atoms with van der Waals surface area (Å²) < 4.78 is 21.3. The first-order valence-electron chi connectivity index (χ1n) is 7.42. The number of hydrogen-bond donors (Lipinski definition) is 0. The molecule has 0 spiro atoms. The Balaban J connectivity index is 1.62. The van der Waals surface area contributed by atoms with Crippen molar-refractivity contribution >= 4 is 35.0 Å². The Bertz CT molecular complexity index is 868. The Morgan fingerprint density at radius 2 is 1.80 bits per heavy atom. The van der Waals surface area contributed by atoms with Gasteiger partial charge in [-0.3, -0.25) is 0 Å². The van der Waals surface area contributed by atoms with Crippen LogP contribution in [0.1, 0.15) is 0 Å². The first-order chi connectivity index (χ1) is 12.1. The number of halogens is 3. The van der Waals surface area contributed by atoms with Crippen LogP contribution in [0.5, 0.6) is 5.75 Å². The van der Waals surface area contributed by atoms with E-state index < -0.39 is 0 Å². The Hall–Kier alpha value is -1.76. The minimum absolute atomic E-state index is 0.328. The fraction of sp³-hybridized carbons (Fsp3) is 0.176. The maximum absolute atomic E-state index is 13.9. The number of thioether (sulfide) groups is 1. The summed E-state index contributed by atoms with van der Waals surface area (Å²) in [5.74, 6) is 1.24. The van der Waals surface area contributed by atoms with E-state index in [2.05, 4.69) is 10.2 Å². The topological polar surface area (TPSA) is 39.9 Å². The van der Waals surface area contributed by atoms with Gasteiger partial charge in [-0.2, -0.15) is 0 Å². The molecular weight excluding hydrogens is 384 g/mol. The van der Waals surface area contributed by atoms with Crippen LogP contribution in [-0.4, -0.2) is 27.1 Å². The molecule has 8 heteroatoms. The second-order valence-corrected chi connectivity index (χ2v) is 6.97. The molecule has 3 rings (SSSR count). The van der Waals surface area contributed by atoms with E-state index in [0.29, 0.717) is 44.7 Å². The third-order valence-electron chi connectivity index (χ3n) is 3.43. The largest absolute Gasteiger partial charge is 0.490 e. The molecule has 0 atom stereocenters. The lowest BCUT2D eigenvalue weighted by Gasteiger charge is -2.09. The van der Waals surface area contributed by atoms with Crippen LogP contribution in [0.2, 0.25) is 10.0 Å². The minimum Gasteiger partial charge on any atom is -0.490 e. The molecule has 0 aliphatic rings. The molecule has 0 aliphatic heterocycles.